The van der Waals surface area contributed by atoms with Gasteiger partial charge >= 0.3 is 0 Å². The molecule has 1 fully saturated rings. The number of aliphatic hydroxyl groups is 4. The zero-order valence-electron chi connectivity index (χ0n) is 10.7. The average molecular weight is 282 g/mol. The first-order chi connectivity index (χ1) is 8.99. The second-order valence-corrected chi connectivity index (χ2v) is 5.17. The quantitative estimate of drug-likeness (QED) is 0.447. The summed E-state index contributed by atoms with van der Waals surface area (Å²) < 4.78 is 0. The first kappa shape index (κ1) is 14.9. The maximum atomic E-state index is 10.6. The lowest BCUT2D eigenvalue weighted by Crippen LogP contribution is -2.51. The van der Waals surface area contributed by atoms with E-state index < -0.39 is 23.9 Å². The van der Waals surface area contributed by atoms with Gasteiger partial charge in [-0.3, -0.25) is 0 Å². The van der Waals surface area contributed by atoms with Crippen LogP contribution in [-0.4, -0.2) is 54.2 Å². The summed E-state index contributed by atoms with van der Waals surface area (Å²) in [6.07, 6.45) is -3.72. The molecule has 1 saturated carbocycles. The number of hydrogen-bond acceptors (Lipinski definition) is 5. The summed E-state index contributed by atoms with van der Waals surface area (Å²) in [7, 11) is 0. The minimum Gasteiger partial charge on any atom is -0.412 e. The fourth-order valence-electron chi connectivity index (χ4n) is 2.64. The van der Waals surface area contributed by atoms with Crippen molar-refractivity contribution in [1.29, 1.82) is 0 Å². The molecule has 20 heavy (non-hydrogen) atoms. The van der Waals surface area contributed by atoms with Crippen LogP contribution in [0.2, 0.25) is 0 Å². The Hall–Kier alpha value is -1.51. The number of para-hydroxylation sites is 2. The standard InChI is InChI=1S/C13H16N2O4.H2O/c16-9-5-13(19,6-10(17)11(9)18)12-14-7-3-1-2-4-8(7)15-12;/h1-4,9-11,16-19H,5-6H2,(H,14,15);1H2/t9-,10-,11?,13?;/m1./s1. The SMILES string of the molecule is O.OC1[C@H](O)CC(O)(c2nc3ccccc3[nH]2)C[C@H]1O. The number of hydrogen-bond donors (Lipinski definition) is 5. The molecular weight excluding hydrogens is 264 g/mol. The molecule has 0 bridgehead atoms. The summed E-state index contributed by atoms with van der Waals surface area (Å²) in [5, 5.41) is 39.5. The highest BCUT2D eigenvalue weighted by Crippen LogP contribution is 2.36. The van der Waals surface area contributed by atoms with Crippen molar-refractivity contribution in [1.82, 2.24) is 9.97 Å². The van der Waals surface area contributed by atoms with Crippen LogP contribution in [0.1, 0.15) is 18.7 Å². The van der Waals surface area contributed by atoms with Crippen LogP contribution in [0.3, 0.4) is 0 Å². The van der Waals surface area contributed by atoms with Crippen LogP contribution in [0.4, 0.5) is 0 Å². The Balaban J connectivity index is 0.00000147. The number of aromatic amines is 1. The molecule has 7 N–H and O–H groups in total. The van der Waals surface area contributed by atoms with Gasteiger partial charge in [-0.05, 0) is 12.1 Å². The minimum absolute atomic E-state index is 0. The molecule has 0 unspecified atom stereocenters. The maximum Gasteiger partial charge on any atom is 0.139 e. The molecule has 0 spiro atoms. The van der Waals surface area contributed by atoms with Gasteiger partial charge in [0.2, 0.25) is 0 Å². The van der Waals surface area contributed by atoms with E-state index in [0.29, 0.717) is 11.3 Å². The van der Waals surface area contributed by atoms with Crippen LogP contribution in [0.25, 0.3) is 11.0 Å². The van der Waals surface area contributed by atoms with E-state index in [0.717, 1.165) is 5.52 Å². The topological polar surface area (TPSA) is 141 Å². The van der Waals surface area contributed by atoms with Crippen molar-refractivity contribution < 1.29 is 25.9 Å². The number of H-pyrrole nitrogens is 1. The molecule has 1 aliphatic rings. The molecule has 7 nitrogen and oxygen atoms in total. The van der Waals surface area contributed by atoms with Gasteiger partial charge in [0.25, 0.3) is 0 Å². The van der Waals surface area contributed by atoms with Gasteiger partial charge < -0.3 is 30.9 Å². The van der Waals surface area contributed by atoms with Crippen molar-refractivity contribution in [2.75, 3.05) is 0 Å². The molecule has 0 aliphatic heterocycles. The third-order valence-electron chi connectivity index (χ3n) is 3.71. The lowest BCUT2D eigenvalue weighted by atomic mass is 9.79. The number of nitrogens with one attached hydrogen (secondary N) is 1. The van der Waals surface area contributed by atoms with E-state index in [1.54, 1.807) is 0 Å². The van der Waals surface area contributed by atoms with Gasteiger partial charge in [-0.2, -0.15) is 0 Å². The molecular formula is C13H18N2O5. The number of nitrogens with zero attached hydrogens (tertiary/aromatic N) is 1. The Morgan fingerprint density at radius 3 is 2.30 bits per heavy atom. The van der Waals surface area contributed by atoms with Gasteiger partial charge in [0.15, 0.2) is 0 Å². The van der Waals surface area contributed by atoms with E-state index >= 15 is 0 Å². The second kappa shape index (κ2) is 5.12. The largest absolute Gasteiger partial charge is 0.412 e. The third-order valence-corrected chi connectivity index (χ3v) is 3.71. The monoisotopic (exact) mass is 282 g/mol. The van der Waals surface area contributed by atoms with Crippen molar-refractivity contribution in [2.24, 2.45) is 0 Å². The first-order valence-electron chi connectivity index (χ1n) is 6.21. The van der Waals surface area contributed by atoms with Crippen molar-refractivity contribution >= 4 is 11.0 Å². The summed E-state index contributed by atoms with van der Waals surface area (Å²) in [4.78, 5) is 7.29. The highest BCUT2D eigenvalue weighted by Gasteiger charge is 2.46. The van der Waals surface area contributed by atoms with E-state index in [-0.39, 0.29) is 18.3 Å². The number of aliphatic hydroxyl groups excluding tert-OH is 3. The van der Waals surface area contributed by atoms with Crippen LogP contribution in [0.5, 0.6) is 0 Å². The molecule has 1 aromatic heterocycles. The fraction of sp³-hybridized carbons (Fsp3) is 0.462. The van der Waals surface area contributed by atoms with Crippen LogP contribution in [0, 0.1) is 0 Å². The van der Waals surface area contributed by atoms with Crippen molar-refractivity contribution in [3.05, 3.63) is 30.1 Å². The van der Waals surface area contributed by atoms with Crippen LogP contribution < -0.4 is 0 Å². The molecule has 2 aromatic rings. The number of benzene rings is 1. The highest BCUT2D eigenvalue weighted by atomic mass is 16.4. The summed E-state index contributed by atoms with van der Waals surface area (Å²) in [6.45, 7) is 0. The molecule has 7 heteroatoms. The maximum absolute atomic E-state index is 10.6. The van der Waals surface area contributed by atoms with Gasteiger partial charge in [0.05, 0.1) is 23.2 Å². The molecule has 0 saturated heterocycles. The summed E-state index contributed by atoms with van der Waals surface area (Å²) in [5.74, 6) is 0.304. The number of imidazole rings is 1. The van der Waals surface area contributed by atoms with E-state index in [2.05, 4.69) is 9.97 Å². The smallest absolute Gasteiger partial charge is 0.139 e. The van der Waals surface area contributed by atoms with Crippen LogP contribution >= 0.6 is 0 Å². The van der Waals surface area contributed by atoms with Crippen molar-refractivity contribution in [2.45, 2.75) is 36.8 Å². The third kappa shape index (κ3) is 2.30. The Kier molecular flexibility index (Phi) is 3.81. The van der Waals surface area contributed by atoms with Crippen LogP contribution in [0.15, 0.2) is 24.3 Å². The van der Waals surface area contributed by atoms with E-state index in [9.17, 15) is 20.4 Å². The first-order valence-corrected chi connectivity index (χ1v) is 6.21. The fourth-order valence-corrected chi connectivity index (χ4v) is 2.64. The Bertz CT molecular complexity index is 554. The van der Waals surface area contributed by atoms with E-state index in [1.807, 2.05) is 24.3 Å². The number of fused-ring (bicyclic) bond motifs is 1. The molecule has 3 rings (SSSR count). The predicted octanol–water partition coefficient (Wildman–Crippen LogP) is -1.20. The molecule has 0 amide bonds. The van der Waals surface area contributed by atoms with Crippen molar-refractivity contribution in [3.63, 3.8) is 0 Å². The predicted molar refractivity (Wildman–Crippen MR) is 70.9 cm³/mol. The zero-order chi connectivity index (χ0) is 13.6. The number of rotatable bonds is 1. The highest BCUT2D eigenvalue weighted by molar-refractivity contribution is 5.74. The Morgan fingerprint density at radius 2 is 1.70 bits per heavy atom. The summed E-state index contributed by atoms with van der Waals surface area (Å²) in [6, 6.07) is 7.33. The van der Waals surface area contributed by atoms with Gasteiger partial charge in [-0.25, -0.2) is 4.98 Å². The Morgan fingerprint density at radius 1 is 1.10 bits per heavy atom. The number of aromatic nitrogens is 2. The normalized spacial score (nSPS) is 33.9. The second-order valence-electron chi connectivity index (χ2n) is 5.17. The Labute approximate surface area is 114 Å². The lowest BCUT2D eigenvalue weighted by molar-refractivity contribution is -0.160. The summed E-state index contributed by atoms with van der Waals surface area (Å²) >= 11 is 0. The summed E-state index contributed by atoms with van der Waals surface area (Å²) in [5.41, 5.74) is 0.0268. The molecule has 1 aromatic carbocycles. The van der Waals surface area contributed by atoms with Gasteiger partial charge in [0.1, 0.15) is 17.5 Å². The lowest BCUT2D eigenvalue weighted by Gasteiger charge is -2.39. The zero-order valence-corrected chi connectivity index (χ0v) is 10.7. The van der Waals surface area contributed by atoms with E-state index in [4.69, 9.17) is 0 Å². The van der Waals surface area contributed by atoms with E-state index in [1.165, 1.54) is 0 Å². The molecule has 2 atom stereocenters. The average Bonchev–Trinajstić information content (AvgIpc) is 2.80. The van der Waals surface area contributed by atoms with Gasteiger partial charge in [-0.15, -0.1) is 0 Å². The van der Waals surface area contributed by atoms with Crippen LogP contribution in [-0.2, 0) is 5.60 Å². The molecule has 0 radical (unpaired) electrons. The van der Waals surface area contributed by atoms with Gasteiger partial charge in [-0.1, -0.05) is 12.1 Å². The minimum atomic E-state index is -1.46. The molecule has 1 heterocycles. The van der Waals surface area contributed by atoms with Gasteiger partial charge in [0, 0.05) is 12.8 Å². The molecule has 1 aliphatic carbocycles. The molecule has 110 valence electrons. The van der Waals surface area contributed by atoms with Crippen molar-refractivity contribution in [3.8, 4) is 0 Å².